The number of hydrogen-bond donors (Lipinski definition) is 1. The van der Waals surface area contributed by atoms with Crippen LogP contribution in [-0.4, -0.2) is 17.5 Å². The number of ketones is 1. The molecule has 0 aromatic heterocycles. The number of hydrogen-bond acceptors (Lipinski definition) is 3. The quantitative estimate of drug-likeness (QED) is 0.661. The Hall–Kier alpha value is -1.58. The van der Waals surface area contributed by atoms with Crippen molar-refractivity contribution >= 4 is 5.78 Å². The summed E-state index contributed by atoms with van der Waals surface area (Å²) in [7, 11) is 0. The molecule has 0 radical (unpaired) electrons. The first-order valence-electron chi connectivity index (χ1n) is 3.87. The molecule has 1 aromatic rings. The van der Waals surface area contributed by atoms with Gasteiger partial charge in [0.05, 0.1) is 12.2 Å². The Morgan fingerprint density at radius 3 is 3.00 bits per heavy atom. The second kappa shape index (κ2) is 2.73. The lowest BCUT2D eigenvalue weighted by Gasteiger charge is -2.16. The minimum Gasteiger partial charge on any atom is -0.502 e. The lowest BCUT2D eigenvalue weighted by atomic mass is 10.0. The number of aromatic hydroxyl groups is 1. The molecule has 1 heterocycles. The van der Waals surface area contributed by atoms with Crippen LogP contribution in [0.15, 0.2) is 12.1 Å². The predicted octanol–water partition coefficient (Wildman–Crippen LogP) is 1.50. The molecular weight excluding hydrogens is 175 g/mol. The van der Waals surface area contributed by atoms with E-state index in [1.807, 2.05) is 0 Å². The fourth-order valence-electron chi connectivity index (χ4n) is 1.29. The maximum atomic E-state index is 12.8. The molecule has 0 saturated carbocycles. The highest BCUT2D eigenvalue weighted by atomic mass is 19.1. The average Bonchev–Trinajstić information content (AvgIpc) is 2.12. The molecule has 0 atom stereocenters. The Kier molecular flexibility index (Phi) is 1.69. The minimum atomic E-state index is -0.770. The fourth-order valence-corrected chi connectivity index (χ4v) is 1.29. The Balaban J connectivity index is 2.63. The molecule has 0 bridgehead atoms. The lowest BCUT2D eigenvalue weighted by Crippen LogP contribution is -2.15. The summed E-state index contributed by atoms with van der Waals surface area (Å²) in [6.45, 7) is 0.197. The van der Waals surface area contributed by atoms with Crippen LogP contribution < -0.4 is 4.74 Å². The highest BCUT2D eigenvalue weighted by molar-refractivity contribution is 6.00. The van der Waals surface area contributed by atoms with Gasteiger partial charge in [-0.15, -0.1) is 0 Å². The summed E-state index contributed by atoms with van der Waals surface area (Å²) in [6, 6.07) is 2.38. The zero-order chi connectivity index (χ0) is 9.42. The SMILES string of the molecule is O=C1CCOc2c1ccc(F)c2O. The highest BCUT2D eigenvalue weighted by Crippen LogP contribution is 2.35. The minimum absolute atomic E-state index is 0.0312. The van der Waals surface area contributed by atoms with Crippen molar-refractivity contribution in [2.75, 3.05) is 6.61 Å². The summed E-state index contributed by atoms with van der Waals surface area (Å²) < 4.78 is 17.8. The van der Waals surface area contributed by atoms with Crippen LogP contribution in [0, 0.1) is 5.82 Å². The number of rotatable bonds is 0. The molecule has 13 heavy (non-hydrogen) atoms. The summed E-state index contributed by atoms with van der Waals surface area (Å²) in [5.41, 5.74) is 0.255. The molecule has 0 aliphatic carbocycles. The number of benzene rings is 1. The van der Waals surface area contributed by atoms with E-state index in [9.17, 15) is 14.3 Å². The molecular formula is C9H7FO3. The van der Waals surface area contributed by atoms with Crippen molar-refractivity contribution in [1.29, 1.82) is 0 Å². The molecule has 68 valence electrons. The molecule has 4 heteroatoms. The van der Waals surface area contributed by atoms with Gasteiger partial charge in [0, 0.05) is 6.42 Å². The summed E-state index contributed by atoms with van der Waals surface area (Å²) in [5, 5.41) is 9.21. The fraction of sp³-hybridized carbons (Fsp3) is 0.222. The van der Waals surface area contributed by atoms with Crippen molar-refractivity contribution in [2.45, 2.75) is 6.42 Å². The number of carbonyl (C=O) groups is 1. The first-order chi connectivity index (χ1) is 6.20. The highest BCUT2D eigenvalue weighted by Gasteiger charge is 2.23. The third-order valence-corrected chi connectivity index (χ3v) is 1.96. The van der Waals surface area contributed by atoms with Gasteiger partial charge >= 0.3 is 0 Å². The monoisotopic (exact) mass is 182 g/mol. The largest absolute Gasteiger partial charge is 0.502 e. The van der Waals surface area contributed by atoms with Gasteiger partial charge in [-0.05, 0) is 12.1 Å². The maximum absolute atomic E-state index is 12.8. The molecule has 1 aliphatic rings. The molecule has 0 amide bonds. The topological polar surface area (TPSA) is 46.5 Å². The Bertz CT molecular complexity index is 373. The molecule has 1 aromatic carbocycles. The number of halogens is 1. The third-order valence-electron chi connectivity index (χ3n) is 1.96. The van der Waals surface area contributed by atoms with E-state index in [4.69, 9.17) is 4.74 Å². The smallest absolute Gasteiger partial charge is 0.195 e. The molecule has 3 nitrogen and oxygen atoms in total. The van der Waals surface area contributed by atoms with Crippen molar-refractivity contribution < 1.29 is 19.0 Å². The summed E-state index contributed by atoms with van der Waals surface area (Å²) >= 11 is 0. The van der Waals surface area contributed by atoms with Gasteiger partial charge in [-0.25, -0.2) is 4.39 Å². The molecule has 0 saturated heterocycles. The van der Waals surface area contributed by atoms with Crippen molar-refractivity contribution in [2.24, 2.45) is 0 Å². The second-order valence-corrected chi connectivity index (χ2v) is 2.79. The zero-order valence-electron chi connectivity index (χ0n) is 6.71. The molecule has 1 N–H and O–H groups in total. The summed E-state index contributed by atoms with van der Waals surface area (Å²) in [4.78, 5) is 11.2. The van der Waals surface area contributed by atoms with Crippen LogP contribution in [0.2, 0.25) is 0 Å². The first-order valence-corrected chi connectivity index (χ1v) is 3.87. The van der Waals surface area contributed by atoms with Gasteiger partial charge in [0.15, 0.2) is 23.1 Å². The van der Waals surface area contributed by atoms with Crippen LogP contribution in [0.5, 0.6) is 11.5 Å². The van der Waals surface area contributed by atoms with Crippen LogP contribution in [0.3, 0.4) is 0 Å². The van der Waals surface area contributed by atoms with Gasteiger partial charge in [-0.3, -0.25) is 4.79 Å². The number of carbonyl (C=O) groups excluding carboxylic acids is 1. The van der Waals surface area contributed by atoms with E-state index >= 15 is 0 Å². The molecule has 0 spiro atoms. The van der Waals surface area contributed by atoms with E-state index < -0.39 is 11.6 Å². The number of phenolic OH excluding ortho intramolecular Hbond substituents is 1. The Morgan fingerprint density at radius 2 is 2.23 bits per heavy atom. The number of fused-ring (bicyclic) bond motifs is 1. The average molecular weight is 182 g/mol. The molecule has 0 fully saturated rings. The van der Waals surface area contributed by atoms with E-state index in [0.717, 1.165) is 6.07 Å². The normalized spacial score (nSPS) is 15.0. The van der Waals surface area contributed by atoms with E-state index in [2.05, 4.69) is 0 Å². The third kappa shape index (κ3) is 1.14. The second-order valence-electron chi connectivity index (χ2n) is 2.79. The standard InChI is InChI=1S/C9H7FO3/c10-6-2-1-5-7(11)3-4-13-9(5)8(6)12/h1-2,12H,3-4H2. The van der Waals surface area contributed by atoms with Gasteiger partial charge < -0.3 is 9.84 Å². The zero-order valence-corrected chi connectivity index (χ0v) is 6.71. The molecule has 0 unspecified atom stereocenters. The Morgan fingerprint density at radius 1 is 1.46 bits per heavy atom. The lowest BCUT2D eigenvalue weighted by molar-refractivity contribution is 0.0929. The van der Waals surface area contributed by atoms with Crippen molar-refractivity contribution in [3.8, 4) is 11.5 Å². The van der Waals surface area contributed by atoms with Crippen LogP contribution in [-0.2, 0) is 0 Å². The van der Waals surface area contributed by atoms with E-state index in [1.54, 1.807) is 0 Å². The van der Waals surface area contributed by atoms with Gasteiger partial charge in [-0.1, -0.05) is 0 Å². The van der Waals surface area contributed by atoms with Gasteiger partial charge in [0.1, 0.15) is 0 Å². The number of phenols is 1. The van der Waals surface area contributed by atoms with Gasteiger partial charge in [0.2, 0.25) is 0 Å². The van der Waals surface area contributed by atoms with Crippen LogP contribution in [0.25, 0.3) is 0 Å². The van der Waals surface area contributed by atoms with E-state index in [-0.39, 0.29) is 30.1 Å². The van der Waals surface area contributed by atoms with Crippen molar-refractivity contribution in [1.82, 2.24) is 0 Å². The molecule has 1 aliphatic heterocycles. The number of Topliss-reactive ketones (excluding diaryl/α,β-unsaturated/α-hetero) is 1. The van der Waals surface area contributed by atoms with Crippen LogP contribution in [0.1, 0.15) is 16.8 Å². The van der Waals surface area contributed by atoms with Crippen molar-refractivity contribution in [3.05, 3.63) is 23.5 Å². The van der Waals surface area contributed by atoms with E-state index in [0.29, 0.717) is 0 Å². The first kappa shape index (κ1) is 8.04. The van der Waals surface area contributed by atoms with Crippen molar-refractivity contribution in [3.63, 3.8) is 0 Å². The van der Waals surface area contributed by atoms with Gasteiger partial charge in [-0.2, -0.15) is 0 Å². The van der Waals surface area contributed by atoms with Crippen LogP contribution >= 0.6 is 0 Å². The van der Waals surface area contributed by atoms with Crippen LogP contribution in [0.4, 0.5) is 4.39 Å². The Labute approximate surface area is 73.8 Å². The maximum Gasteiger partial charge on any atom is 0.195 e. The summed E-state index contributed by atoms with van der Waals surface area (Å²) in [6.07, 6.45) is 0.276. The van der Waals surface area contributed by atoms with Gasteiger partial charge in [0.25, 0.3) is 0 Å². The van der Waals surface area contributed by atoms with E-state index in [1.165, 1.54) is 6.07 Å². The molecule has 2 rings (SSSR count). The summed E-state index contributed by atoms with van der Waals surface area (Å²) in [5.74, 6) is -1.51. The number of ether oxygens (including phenoxy) is 1. The predicted molar refractivity (Wildman–Crippen MR) is 42.5 cm³/mol.